The second-order valence-electron chi connectivity index (χ2n) is 1.48. The molecule has 4 N–H and O–H groups in total. The van der Waals surface area contributed by atoms with E-state index >= 15 is 0 Å². The van der Waals surface area contributed by atoms with E-state index in [0.717, 1.165) is 0 Å². The van der Waals surface area contributed by atoms with Crippen LogP contribution in [0.15, 0.2) is 0 Å². The van der Waals surface area contributed by atoms with Crippen molar-refractivity contribution in [2.24, 2.45) is 11.6 Å². The molecule has 0 aromatic heterocycles. The summed E-state index contributed by atoms with van der Waals surface area (Å²) in [4.78, 5) is 14.2. The van der Waals surface area contributed by atoms with E-state index in [9.17, 15) is 4.79 Å². The van der Waals surface area contributed by atoms with Gasteiger partial charge < -0.3 is 10.6 Å². The molecule has 0 saturated heterocycles. The number of halogens is 1. The predicted molar refractivity (Wildman–Crippen MR) is 36.9 cm³/mol. The highest BCUT2D eigenvalue weighted by Crippen LogP contribution is 2.09. The van der Waals surface area contributed by atoms with Gasteiger partial charge in [0, 0.05) is 0 Å². The van der Waals surface area contributed by atoms with Gasteiger partial charge in [0.2, 0.25) is 0 Å². The Morgan fingerprint density at radius 3 is 2.25 bits per heavy atom. The summed E-state index contributed by atoms with van der Waals surface area (Å²) in [6.07, 6.45) is 0. The molecule has 0 aromatic rings. The normalized spacial score (nSPS) is 17.0. The van der Waals surface area contributed by atoms with Crippen molar-refractivity contribution in [1.82, 2.24) is 0 Å². The molecule has 0 aliphatic rings. The van der Waals surface area contributed by atoms with Crippen LogP contribution in [-0.2, 0) is 9.63 Å². The molecule has 0 aliphatic heterocycles. The highest BCUT2D eigenvalue weighted by Gasteiger charge is 2.25. The highest BCUT2D eigenvalue weighted by molar-refractivity contribution is 14.1. The van der Waals surface area contributed by atoms with Crippen LogP contribution in [-0.4, -0.2) is 9.51 Å². The first-order valence-corrected chi connectivity index (χ1v) is 2.95. The smallest absolute Gasteiger partial charge is 0.354 e. The van der Waals surface area contributed by atoms with Crippen molar-refractivity contribution in [3.05, 3.63) is 0 Å². The molecule has 0 spiro atoms. The second kappa shape index (κ2) is 2.60. The molecular weight excluding hydrogens is 223 g/mol. The first kappa shape index (κ1) is 8.12. The average Bonchev–Trinajstić information content (AvgIpc) is 1.62. The van der Waals surface area contributed by atoms with Gasteiger partial charge in [-0.25, -0.2) is 4.79 Å². The Labute approximate surface area is 60.6 Å². The van der Waals surface area contributed by atoms with Gasteiger partial charge in [0.15, 0.2) is 3.55 Å². The average molecular weight is 230 g/mol. The summed E-state index contributed by atoms with van der Waals surface area (Å²) in [5, 5.41) is 0. The molecule has 8 heavy (non-hydrogen) atoms. The van der Waals surface area contributed by atoms with Gasteiger partial charge in [-0.2, -0.15) is 5.90 Å². The van der Waals surface area contributed by atoms with Crippen molar-refractivity contribution in [1.29, 1.82) is 0 Å². The Kier molecular flexibility index (Phi) is 2.64. The quantitative estimate of drug-likeness (QED) is 0.276. The molecule has 1 unspecified atom stereocenters. The van der Waals surface area contributed by atoms with E-state index in [0.29, 0.717) is 0 Å². The van der Waals surface area contributed by atoms with Crippen LogP contribution in [0, 0.1) is 0 Å². The zero-order valence-corrected chi connectivity index (χ0v) is 6.51. The number of rotatable bonds is 1. The first-order valence-electron chi connectivity index (χ1n) is 1.87. The molecule has 0 heterocycles. The zero-order valence-electron chi connectivity index (χ0n) is 4.35. The Morgan fingerprint density at radius 2 is 2.25 bits per heavy atom. The van der Waals surface area contributed by atoms with Gasteiger partial charge in [0.1, 0.15) is 0 Å². The van der Waals surface area contributed by atoms with Gasteiger partial charge >= 0.3 is 5.97 Å². The van der Waals surface area contributed by atoms with Crippen molar-refractivity contribution >= 4 is 28.6 Å². The number of hydrogen-bond donors (Lipinski definition) is 2. The van der Waals surface area contributed by atoms with Crippen LogP contribution in [0.4, 0.5) is 0 Å². The van der Waals surface area contributed by atoms with E-state index in [1.165, 1.54) is 6.92 Å². The molecule has 1 atom stereocenters. The fraction of sp³-hybridized carbons (Fsp3) is 0.667. The van der Waals surface area contributed by atoms with Gasteiger partial charge in [0.25, 0.3) is 0 Å². The number of alkyl halides is 1. The Bertz CT molecular complexity index is 97.9. The maximum Gasteiger partial charge on any atom is 0.354 e. The third-order valence-electron chi connectivity index (χ3n) is 0.506. The van der Waals surface area contributed by atoms with Crippen molar-refractivity contribution in [2.45, 2.75) is 10.5 Å². The highest BCUT2D eigenvalue weighted by atomic mass is 127. The molecule has 0 radical (unpaired) electrons. The molecule has 0 aromatic carbocycles. The van der Waals surface area contributed by atoms with Gasteiger partial charge in [-0.3, -0.25) is 0 Å². The van der Waals surface area contributed by atoms with Crippen molar-refractivity contribution in [3.63, 3.8) is 0 Å². The summed E-state index contributed by atoms with van der Waals surface area (Å²) < 4.78 is -1.01. The lowest BCUT2D eigenvalue weighted by molar-refractivity contribution is -0.145. The number of carbonyl (C=O) groups is 1. The standard InChI is InChI=1S/C3H7IN2O2/c1-3(4,5)2(7)8-6/h5-6H2,1H3. The van der Waals surface area contributed by atoms with E-state index in [1.807, 2.05) is 0 Å². The molecule has 0 saturated carbocycles. The molecule has 48 valence electrons. The zero-order chi connectivity index (χ0) is 6.78. The van der Waals surface area contributed by atoms with Crippen LogP contribution >= 0.6 is 22.6 Å². The number of carbonyl (C=O) groups excluding carboxylic acids is 1. The minimum Gasteiger partial charge on any atom is -0.371 e. The van der Waals surface area contributed by atoms with E-state index in [1.54, 1.807) is 22.6 Å². The summed E-state index contributed by atoms with van der Waals surface area (Å²) in [5.41, 5.74) is 5.22. The SMILES string of the molecule is CC(N)(I)C(=O)ON. The van der Waals surface area contributed by atoms with Gasteiger partial charge in [-0.1, -0.05) is 0 Å². The maximum absolute atomic E-state index is 10.4. The fourth-order valence-electron chi connectivity index (χ4n) is 0.115. The summed E-state index contributed by atoms with van der Waals surface area (Å²) >= 11 is 1.73. The topological polar surface area (TPSA) is 78.3 Å². The third-order valence-corrected chi connectivity index (χ3v) is 0.947. The second-order valence-corrected chi connectivity index (χ2v) is 3.72. The molecule has 0 aliphatic carbocycles. The third kappa shape index (κ3) is 2.43. The summed E-state index contributed by atoms with van der Waals surface area (Å²) in [5.74, 6) is 3.90. The minimum atomic E-state index is -1.01. The van der Waals surface area contributed by atoms with Crippen molar-refractivity contribution in [3.8, 4) is 0 Å². The van der Waals surface area contributed by atoms with Gasteiger partial charge in [-0.15, -0.1) is 0 Å². The molecule has 0 bridgehead atoms. The Balaban J connectivity index is 3.82. The van der Waals surface area contributed by atoms with E-state index in [2.05, 4.69) is 10.7 Å². The van der Waals surface area contributed by atoms with Crippen molar-refractivity contribution < 1.29 is 9.63 Å². The number of nitrogens with two attached hydrogens (primary N) is 2. The molecule has 5 heteroatoms. The minimum absolute atomic E-state index is 0.627. The van der Waals surface area contributed by atoms with Crippen molar-refractivity contribution in [2.75, 3.05) is 0 Å². The lowest BCUT2D eigenvalue weighted by Gasteiger charge is -2.10. The van der Waals surface area contributed by atoms with Crippen LogP contribution in [0.5, 0.6) is 0 Å². The number of hydrogen-bond acceptors (Lipinski definition) is 4. The van der Waals surface area contributed by atoms with Crippen LogP contribution in [0.1, 0.15) is 6.92 Å². The van der Waals surface area contributed by atoms with E-state index in [4.69, 9.17) is 5.73 Å². The maximum atomic E-state index is 10.4. The van der Waals surface area contributed by atoms with Crippen LogP contribution < -0.4 is 11.6 Å². The Morgan fingerprint density at radius 1 is 1.88 bits per heavy atom. The predicted octanol–water partition coefficient (Wildman–Crippen LogP) is -0.487. The molecule has 0 amide bonds. The van der Waals surface area contributed by atoms with Gasteiger partial charge in [-0.05, 0) is 29.5 Å². The largest absolute Gasteiger partial charge is 0.371 e. The van der Waals surface area contributed by atoms with Crippen LogP contribution in [0.3, 0.4) is 0 Å². The lowest BCUT2D eigenvalue weighted by Crippen LogP contribution is -2.40. The van der Waals surface area contributed by atoms with Crippen LogP contribution in [0.2, 0.25) is 0 Å². The Hall–Kier alpha value is 0.120. The molecule has 0 fully saturated rings. The lowest BCUT2D eigenvalue weighted by atomic mass is 10.4. The summed E-state index contributed by atoms with van der Waals surface area (Å²) in [7, 11) is 0. The first-order chi connectivity index (χ1) is 3.48. The molecular formula is C3H7IN2O2. The van der Waals surface area contributed by atoms with Gasteiger partial charge in [0.05, 0.1) is 0 Å². The summed E-state index contributed by atoms with van der Waals surface area (Å²) in [6, 6.07) is 0. The molecule has 4 nitrogen and oxygen atoms in total. The fourth-order valence-corrected chi connectivity index (χ4v) is 0.242. The monoisotopic (exact) mass is 230 g/mol. The van der Waals surface area contributed by atoms with Crippen LogP contribution in [0.25, 0.3) is 0 Å². The van der Waals surface area contributed by atoms with E-state index < -0.39 is 9.51 Å². The summed E-state index contributed by atoms with van der Waals surface area (Å²) in [6.45, 7) is 1.50. The molecule has 0 rings (SSSR count). The van der Waals surface area contributed by atoms with E-state index in [-0.39, 0.29) is 0 Å².